The van der Waals surface area contributed by atoms with E-state index in [0.29, 0.717) is 22.9 Å². The van der Waals surface area contributed by atoms with Gasteiger partial charge in [0.2, 0.25) is 0 Å². The minimum absolute atomic E-state index is 0.0914. The highest BCUT2D eigenvalue weighted by Gasteiger charge is 2.43. The smallest absolute Gasteiger partial charge is 0.119 e. The number of aliphatic carboxylic acids is 1. The molecule has 0 aromatic heterocycles. The fraction of sp³-hybridized carbons (Fsp3) is 0.800. The van der Waals surface area contributed by atoms with Gasteiger partial charge in [0.05, 0.1) is 35.7 Å². The van der Waals surface area contributed by atoms with Gasteiger partial charge in [0.1, 0.15) is 6.54 Å². The molecule has 7 heteroatoms. The first-order valence-corrected chi connectivity index (χ1v) is 9.27. The minimum atomic E-state index is -4.23. The van der Waals surface area contributed by atoms with E-state index in [4.69, 9.17) is 0 Å². The molecule has 0 N–H and O–H groups in total. The lowest BCUT2D eigenvalue weighted by atomic mass is 9.92. The van der Waals surface area contributed by atoms with E-state index in [-0.39, 0.29) is 13.0 Å². The van der Waals surface area contributed by atoms with E-state index in [1.165, 1.54) is 0 Å². The van der Waals surface area contributed by atoms with Gasteiger partial charge < -0.3 is 18.9 Å². The van der Waals surface area contributed by atoms with Gasteiger partial charge in [-0.1, -0.05) is 13.8 Å². The number of carbonyl (C=O) groups excluding carboxylic acids is 1. The zero-order valence-corrected chi connectivity index (χ0v) is 14.4. The average molecular weight is 334 g/mol. The van der Waals surface area contributed by atoms with Crippen molar-refractivity contribution >= 4 is 16.1 Å². The number of likely N-dealkylation sites (tertiary alicyclic amines) is 1. The molecule has 0 aliphatic carbocycles. The fourth-order valence-corrected chi connectivity index (χ4v) is 4.02. The third kappa shape index (κ3) is 6.89. The van der Waals surface area contributed by atoms with Gasteiger partial charge in [-0.3, -0.25) is 0 Å². The molecule has 1 saturated heterocycles. The first-order valence-electron chi connectivity index (χ1n) is 7.70. The van der Waals surface area contributed by atoms with Crippen LogP contribution < -0.4 is 5.11 Å². The quantitative estimate of drug-likeness (QED) is 0.362. The Labute approximate surface area is 134 Å². The maximum absolute atomic E-state index is 11.0. The Hall–Kier alpha value is -0.920. The second kappa shape index (κ2) is 9.27. The van der Waals surface area contributed by atoms with Crippen molar-refractivity contribution in [1.29, 1.82) is 0 Å². The lowest BCUT2D eigenvalue weighted by molar-refractivity contribution is -0.914. The number of nitrogens with zero attached hydrogens (tertiary/aromatic N) is 1. The van der Waals surface area contributed by atoms with E-state index in [0.717, 1.165) is 25.9 Å². The molecular weight excluding hydrogens is 306 g/mol. The predicted octanol–water partition coefficient (Wildman–Crippen LogP) is 0.357. The summed E-state index contributed by atoms with van der Waals surface area (Å²) in [4.78, 5) is 11.0. The molecule has 6 nitrogen and oxygen atoms in total. The predicted molar refractivity (Wildman–Crippen MR) is 82.7 cm³/mol. The highest BCUT2D eigenvalue weighted by molar-refractivity contribution is 7.85. The lowest BCUT2D eigenvalue weighted by Gasteiger charge is -2.35. The second-order valence-corrected chi connectivity index (χ2v) is 7.44. The van der Waals surface area contributed by atoms with E-state index in [9.17, 15) is 22.9 Å². The SMILES string of the molecule is C=C.CCC1C[N+](CCCS(=O)(=O)[O-])(CC(=O)[O-])CC1CC. The van der Waals surface area contributed by atoms with Crippen LogP contribution in [0.1, 0.15) is 33.1 Å². The van der Waals surface area contributed by atoms with Crippen molar-refractivity contribution in [3.63, 3.8) is 0 Å². The molecule has 1 heterocycles. The van der Waals surface area contributed by atoms with Crippen LogP contribution in [-0.4, -0.2) is 55.4 Å². The van der Waals surface area contributed by atoms with Crippen LogP contribution in [0.3, 0.4) is 0 Å². The van der Waals surface area contributed by atoms with Crippen LogP contribution >= 0.6 is 0 Å². The van der Waals surface area contributed by atoms with Gasteiger partial charge in [-0.15, -0.1) is 13.2 Å². The van der Waals surface area contributed by atoms with Gasteiger partial charge in [0.25, 0.3) is 0 Å². The molecule has 0 spiro atoms. The van der Waals surface area contributed by atoms with Crippen LogP contribution in [0.15, 0.2) is 13.2 Å². The van der Waals surface area contributed by atoms with Gasteiger partial charge in [-0.2, -0.15) is 0 Å². The van der Waals surface area contributed by atoms with E-state index in [1.54, 1.807) is 0 Å². The molecule has 0 amide bonds. The van der Waals surface area contributed by atoms with Gasteiger partial charge in [0, 0.05) is 24.0 Å². The zero-order valence-electron chi connectivity index (χ0n) is 13.6. The largest absolute Gasteiger partial charge is 0.748 e. The first kappa shape index (κ1) is 21.1. The van der Waals surface area contributed by atoms with Crippen LogP contribution in [-0.2, 0) is 14.9 Å². The summed E-state index contributed by atoms with van der Waals surface area (Å²) in [6.45, 7) is 12.0. The molecule has 0 aromatic carbocycles. The van der Waals surface area contributed by atoms with Crippen LogP contribution in [0.4, 0.5) is 0 Å². The van der Waals surface area contributed by atoms with E-state index in [1.807, 2.05) is 0 Å². The Morgan fingerprint density at radius 1 is 1.18 bits per heavy atom. The number of hydrogen-bond acceptors (Lipinski definition) is 5. The normalized spacial score (nSPS) is 28.0. The number of carboxylic acids is 1. The molecule has 0 bridgehead atoms. The molecule has 0 radical (unpaired) electrons. The third-order valence-electron chi connectivity index (χ3n) is 4.45. The van der Waals surface area contributed by atoms with Gasteiger partial charge in [0.15, 0.2) is 0 Å². The Morgan fingerprint density at radius 2 is 1.64 bits per heavy atom. The maximum atomic E-state index is 11.0. The molecule has 1 fully saturated rings. The van der Waals surface area contributed by atoms with Crippen molar-refractivity contribution in [2.24, 2.45) is 11.8 Å². The van der Waals surface area contributed by atoms with Crippen LogP contribution in [0, 0.1) is 11.8 Å². The van der Waals surface area contributed by atoms with Crippen molar-refractivity contribution in [2.75, 3.05) is 31.9 Å². The summed E-state index contributed by atoms with van der Waals surface area (Å²) in [6.07, 6.45) is 2.20. The van der Waals surface area contributed by atoms with Gasteiger partial charge >= 0.3 is 0 Å². The Morgan fingerprint density at radius 3 is 1.95 bits per heavy atom. The Bertz CT molecular complexity index is 437. The topological polar surface area (TPSA) is 97.3 Å². The first-order chi connectivity index (χ1) is 10.2. The van der Waals surface area contributed by atoms with E-state index < -0.39 is 21.8 Å². The maximum Gasteiger partial charge on any atom is 0.119 e. The highest BCUT2D eigenvalue weighted by atomic mass is 32.2. The minimum Gasteiger partial charge on any atom is -0.748 e. The molecule has 2 unspecified atom stereocenters. The van der Waals surface area contributed by atoms with Crippen molar-refractivity contribution in [3.8, 4) is 0 Å². The van der Waals surface area contributed by atoms with Crippen molar-refractivity contribution in [2.45, 2.75) is 33.1 Å². The summed E-state index contributed by atoms with van der Waals surface area (Å²) < 4.78 is 32.4. The molecule has 1 rings (SSSR count). The van der Waals surface area contributed by atoms with Crippen molar-refractivity contribution < 1.29 is 27.4 Å². The van der Waals surface area contributed by atoms with Crippen molar-refractivity contribution in [1.82, 2.24) is 0 Å². The van der Waals surface area contributed by atoms with Crippen LogP contribution in [0.25, 0.3) is 0 Å². The van der Waals surface area contributed by atoms with E-state index >= 15 is 0 Å². The Balaban J connectivity index is 0.00000211. The number of carboxylic acid groups (broad SMARTS) is 1. The fourth-order valence-electron chi connectivity index (χ4n) is 3.53. The number of hydrogen-bond donors (Lipinski definition) is 0. The molecule has 130 valence electrons. The number of quaternary nitrogens is 1. The molecular formula is C15H28NO5S-. The van der Waals surface area contributed by atoms with Crippen molar-refractivity contribution in [3.05, 3.63) is 13.2 Å². The molecule has 1 aliphatic rings. The third-order valence-corrected chi connectivity index (χ3v) is 5.24. The monoisotopic (exact) mass is 334 g/mol. The number of rotatable bonds is 8. The summed E-state index contributed by atoms with van der Waals surface area (Å²) in [7, 11) is -4.23. The van der Waals surface area contributed by atoms with E-state index in [2.05, 4.69) is 27.0 Å². The van der Waals surface area contributed by atoms with Crippen LogP contribution in [0.2, 0.25) is 0 Å². The molecule has 22 heavy (non-hydrogen) atoms. The Kier molecular flexibility index (Phi) is 8.88. The summed E-state index contributed by atoms with van der Waals surface area (Å²) >= 11 is 0. The zero-order chi connectivity index (χ0) is 17.4. The average Bonchev–Trinajstić information content (AvgIpc) is 2.77. The summed E-state index contributed by atoms with van der Waals surface area (Å²) in [5.74, 6) is -0.610. The molecule has 2 atom stereocenters. The standard InChI is InChI=1S/C13H25NO5S.C2H4/c1-3-11-8-14(10-13(15)16,9-12(11)4-2)6-5-7-20(17,18)19;1-2/h11-12H,3-10H2,1-2H3,(H-,15,16,17,18,19);1-2H2/p-1. The van der Waals surface area contributed by atoms with Crippen LogP contribution in [0.5, 0.6) is 0 Å². The molecule has 1 aliphatic heterocycles. The summed E-state index contributed by atoms with van der Waals surface area (Å²) in [6, 6.07) is 0. The lowest BCUT2D eigenvalue weighted by Crippen LogP contribution is -2.53. The van der Waals surface area contributed by atoms with Gasteiger partial charge in [-0.05, 0) is 12.8 Å². The second-order valence-electron chi connectivity index (χ2n) is 5.91. The highest BCUT2D eigenvalue weighted by Crippen LogP contribution is 2.34. The summed E-state index contributed by atoms with van der Waals surface area (Å²) in [5.41, 5.74) is 0. The molecule has 0 aromatic rings. The van der Waals surface area contributed by atoms with Gasteiger partial charge in [-0.25, -0.2) is 8.42 Å². The number of carbonyl (C=O) groups is 1. The molecule has 0 saturated carbocycles. The summed E-state index contributed by atoms with van der Waals surface area (Å²) in [5, 5.41) is 11.0.